The molecule has 1 aliphatic heterocycles. The molecule has 1 unspecified atom stereocenters. The number of nitrogen functional groups attached to an aromatic ring is 1. The second-order valence-electron chi connectivity index (χ2n) is 7.42. The first-order valence-corrected chi connectivity index (χ1v) is 10.3. The Morgan fingerprint density at radius 1 is 1.14 bits per heavy atom. The molecule has 1 fully saturated rings. The average Bonchev–Trinajstić information content (AvgIpc) is 3.26. The number of fused-ring (bicyclic) bond motifs is 1. The fourth-order valence-electron chi connectivity index (χ4n) is 3.56. The highest BCUT2D eigenvalue weighted by Gasteiger charge is 2.47. The lowest BCUT2D eigenvalue weighted by Crippen LogP contribution is -2.43. The third-order valence-corrected chi connectivity index (χ3v) is 5.24. The van der Waals surface area contributed by atoms with Gasteiger partial charge < -0.3 is 26.0 Å². The maximum Gasteiger partial charge on any atom is 0.252 e. The average molecular weight is 406 g/mol. The van der Waals surface area contributed by atoms with Crippen LogP contribution in [0.15, 0.2) is 12.7 Å². The Hall–Kier alpha value is -2.30. The lowest BCUT2D eigenvalue weighted by molar-refractivity contribution is -0.137. The molecule has 0 saturated carbocycles. The molecule has 29 heavy (non-hydrogen) atoms. The summed E-state index contributed by atoms with van der Waals surface area (Å²) >= 11 is 0. The molecular formula is C19H30N6O4. The number of aromatic nitrogens is 4. The van der Waals surface area contributed by atoms with Crippen molar-refractivity contribution in [3.8, 4) is 0 Å². The molecule has 0 spiro atoms. The standard InChI is InChI=1S/C19H30N6O4/c1-2-3-4-5-6-7-8-9-21-18(28)15-13(26)14(27)19(29-15)25-11-24-12-16(20)22-10-23-17(12)25/h10-11,13-15,19,26-27H,2-9H2,1H3,(H,21,28)(H2,20,22,23)/t13-,14+,15-,19?/m0/s1. The van der Waals surface area contributed by atoms with E-state index >= 15 is 0 Å². The van der Waals surface area contributed by atoms with Crippen molar-refractivity contribution in [3.63, 3.8) is 0 Å². The molecule has 1 amide bonds. The molecule has 3 rings (SSSR count). The number of carbonyl (C=O) groups is 1. The summed E-state index contributed by atoms with van der Waals surface area (Å²) in [7, 11) is 0. The van der Waals surface area contributed by atoms with Gasteiger partial charge in [-0.15, -0.1) is 0 Å². The zero-order chi connectivity index (χ0) is 20.8. The van der Waals surface area contributed by atoms with Gasteiger partial charge in [0.1, 0.15) is 24.1 Å². The SMILES string of the molecule is CCCCCCCCCNC(=O)[C@H]1OC(n2cnc3c(N)ncnc32)[C@H](O)[C@@H]1O. The number of ether oxygens (including phenoxy) is 1. The van der Waals surface area contributed by atoms with Crippen LogP contribution in [0.1, 0.15) is 58.1 Å². The van der Waals surface area contributed by atoms with E-state index < -0.39 is 30.4 Å². The molecule has 3 heterocycles. The van der Waals surface area contributed by atoms with E-state index in [4.69, 9.17) is 10.5 Å². The molecule has 0 bridgehead atoms. The summed E-state index contributed by atoms with van der Waals surface area (Å²) in [5.41, 5.74) is 6.50. The lowest BCUT2D eigenvalue weighted by atomic mass is 10.1. The summed E-state index contributed by atoms with van der Waals surface area (Å²) in [5, 5.41) is 23.5. The number of hydrogen-bond acceptors (Lipinski definition) is 8. The third-order valence-electron chi connectivity index (χ3n) is 5.24. The molecule has 10 nitrogen and oxygen atoms in total. The highest BCUT2D eigenvalue weighted by molar-refractivity contribution is 5.82. The minimum Gasteiger partial charge on any atom is -0.387 e. The Morgan fingerprint density at radius 3 is 2.62 bits per heavy atom. The maximum atomic E-state index is 12.4. The number of nitrogens with zero attached hydrogens (tertiary/aromatic N) is 4. The molecule has 10 heteroatoms. The second-order valence-corrected chi connectivity index (χ2v) is 7.42. The van der Waals surface area contributed by atoms with Crippen molar-refractivity contribution in [2.75, 3.05) is 12.3 Å². The van der Waals surface area contributed by atoms with Crippen LogP contribution in [-0.4, -0.2) is 60.5 Å². The number of carbonyl (C=O) groups excluding carboxylic acids is 1. The number of nitrogens with two attached hydrogens (primary N) is 1. The Balaban J connectivity index is 1.52. The van der Waals surface area contributed by atoms with Crippen LogP contribution in [0.3, 0.4) is 0 Å². The van der Waals surface area contributed by atoms with Gasteiger partial charge in [-0.1, -0.05) is 45.4 Å². The molecule has 1 saturated heterocycles. The Morgan fingerprint density at radius 2 is 1.86 bits per heavy atom. The number of nitrogens with one attached hydrogen (secondary N) is 1. The molecule has 5 N–H and O–H groups in total. The monoisotopic (exact) mass is 406 g/mol. The van der Waals surface area contributed by atoms with Gasteiger partial charge in [0.15, 0.2) is 23.8 Å². The quantitative estimate of drug-likeness (QED) is 0.425. The van der Waals surface area contributed by atoms with Crippen LogP contribution in [0.2, 0.25) is 0 Å². The largest absolute Gasteiger partial charge is 0.387 e. The van der Waals surface area contributed by atoms with Crippen LogP contribution in [-0.2, 0) is 9.53 Å². The summed E-state index contributed by atoms with van der Waals surface area (Å²) in [5.74, 6) is -0.241. The Bertz CT molecular complexity index is 813. The summed E-state index contributed by atoms with van der Waals surface area (Å²) in [6.07, 6.45) is 5.87. The Labute approximate surface area is 169 Å². The van der Waals surface area contributed by atoms with E-state index in [-0.39, 0.29) is 5.82 Å². The van der Waals surface area contributed by atoms with Gasteiger partial charge in [0, 0.05) is 6.54 Å². The predicted octanol–water partition coefficient (Wildman–Crippen LogP) is 0.894. The number of aliphatic hydroxyl groups is 2. The van der Waals surface area contributed by atoms with Crippen LogP contribution in [0.25, 0.3) is 11.2 Å². The summed E-state index contributed by atoms with van der Waals surface area (Å²) < 4.78 is 7.12. The zero-order valence-corrected chi connectivity index (χ0v) is 16.7. The van der Waals surface area contributed by atoms with E-state index in [1.807, 2.05) is 0 Å². The van der Waals surface area contributed by atoms with E-state index in [1.54, 1.807) is 0 Å². The first-order chi connectivity index (χ1) is 14.0. The van der Waals surface area contributed by atoms with Gasteiger partial charge in [0.25, 0.3) is 5.91 Å². The van der Waals surface area contributed by atoms with Crippen molar-refractivity contribution in [2.24, 2.45) is 0 Å². The number of hydrogen-bond donors (Lipinski definition) is 4. The van der Waals surface area contributed by atoms with Crippen molar-refractivity contribution >= 4 is 22.9 Å². The fourth-order valence-corrected chi connectivity index (χ4v) is 3.56. The summed E-state index contributed by atoms with van der Waals surface area (Å²) in [6.45, 7) is 2.70. The van der Waals surface area contributed by atoms with Gasteiger partial charge in [-0.2, -0.15) is 0 Å². The smallest absolute Gasteiger partial charge is 0.252 e. The number of rotatable bonds is 10. The van der Waals surface area contributed by atoms with Crippen molar-refractivity contribution in [1.29, 1.82) is 0 Å². The second kappa shape index (κ2) is 9.95. The van der Waals surface area contributed by atoms with E-state index in [1.165, 1.54) is 42.9 Å². The number of anilines is 1. The van der Waals surface area contributed by atoms with Gasteiger partial charge in [0.2, 0.25) is 0 Å². The first-order valence-electron chi connectivity index (χ1n) is 10.3. The van der Waals surface area contributed by atoms with Gasteiger partial charge in [-0.25, -0.2) is 15.0 Å². The fraction of sp³-hybridized carbons (Fsp3) is 0.684. The van der Waals surface area contributed by atoms with E-state index in [0.717, 1.165) is 19.3 Å². The Kier molecular flexibility index (Phi) is 7.34. The third kappa shape index (κ3) is 4.82. The lowest BCUT2D eigenvalue weighted by Gasteiger charge is -2.16. The molecule has 1 aliphatic rings. The highest BCUT2D eigenvalue weighted by Crippen LogP contribution is 2.32. The van der Waals surface area contributed by atoms with Gasteiger partial charge in [-0.3, -0.25) is 9.36 Å². The number of amides is 1. The molecule has 2 aromatic rings. The van der Waals surface area contributed by atoms with Crippen LogP contribution < -0.4 is 11.1 Å². The number of imidazole rings is 1. The first kappa shape index (κ1) is 21.4. The van der Waals surface area contributed by atoms with Crippen molar-refractivity contribution < 1.29 is 19.7 Å². The van der Waals surface area contributed by atoms with E-state index in [9.17, 15) is 15.0 Å². The minimum atomic E-state index is -1.36. The van der Waals surface area contributed by atoms with Gasteiger partial charge in [-0.05, 0) is 6.42 Å². The van der Waals surface area contributed by atoms with Gasteiger partial charge >= 0.3 is 0 Å². The minimum absolute atomic E-state index is 0.200. The molecule has 0 aliphatic carbocycles. The molecule has 0 radical (unpaired) electrons. The van der Waals surface area contributed by atoms with Crippen molar-refractivity contribution in [3.05, 3.63) is 12.7 Å². The predicted molar refractivity (Wildman–Crippen MR) is 107 cm³/mol. The summed E-state index contributed by atoms with van der Waals surface area (Å²) in [4.78, 5) is 24.5. The molecule has 0 aromatic carbocycles. The van der Waals surface area contributed by atoms with Crippen molar-refractivity contribution in [1.82, 2.24) is 24.8 Å². The van der Waals surface area contributed by atoms with Gasteiger partial charge in [0.05, 0.1) is 6.33 Å². The topological polar surface area (TPSA) is 148 Å². The molecule has 4 atom stereocenters. The highest BCUT2D eigenvalue weighted by atomic mass is 16.6. The maximum absolute atomic E-state index is 12.4. The zero-order valence-electron chi connectivity index (χ0n) is 16.7. The van der Waals surface area contributed by atoms with Crippen LogP contribution in [0.4, 0.5) is 5.82 Å². The normalized spacial score (nSPS) is 24.2. The molecular weight excluding hydrogens is 376 g/mol. The molecule has 160 valence electrons. The van der Waals surface area contributed by atoms with Crippen LogP contribution in [0, 0.1) is 0 Å². The van der Waals surface area contributed by atoms with Crippen LogP contribution in [0.5, 0.6) is 0 Å². The molecule has 2 aromatic heterocycles. The summed E-state index contributed by atoms with van der Waals surface area (Å²) in [6, 6.07) is 0. The van der Waals surface area contributed by atoms with E-state index in [2.05, 4.69) is 27.2 Å². The number of unbranched alkanes of at least 4 members (excludes halogenated alkanes) is 6. The number of aliphatic hydroxyl groups excluding tert-OH is 2. The van der Waals surface area contributed by atoms with Crippen LogP contribution >= 0.6 is 0 Å². The van der Waals surface area contributed by atoms with Crippen molar-refractivity contribution in [2.45, 2.75) is 76.4 Å². The van der Waals surface area contributed by atoms with E-state index in [0.29, 0.717) is 17.7 Å².